The molecular weight excluding hydrogens is 306 g/mol. The zero-order valence-electron chi connectivity index (χ0n) is 11.4. The molecule has 0 saturated heterocycles. The van der Waals surface area contributed by atoms with E-state index in [0.29, 0.717) is 0 Å². The van der Waals surface area contributed by atoms with E-state index in [4.69, 9.17) is 4.74 Å². The topological polar surface area (TPSA) is 30.3 Å². The molecule has 19 heavy (non-hydrogen) atoms. The van der Waals surface area contributed by atoms with Gasteiger partial charge in [-0.05, 0) is 30.8 Å². The Kier molecular flexibility index (Phi) is 4.61. The van der Waals surface area contributed by atoms with Crippen LogP contribution in [0, 0.1) is 0 Å². The number of methoxy groups -OCH3 is 1. The Bertz CT molecular complexity index is 553. The molecule has 2 aromatic rings. The fourth-order valence-electron chi connectivity index (χ4n) is 1.94. The van der Waals surface area contributed by atoms with Gasteiger partial charge in [-0.15, -0.1) is 0 Å². The minimum absolute atomic E-state index is 0.813. The van der Waals surface area contributed by atoms with Crippen molar-refractivity contribution < 1.29 is 4.74 Å². The monoisotopic (exact) mass is 323 g/mol. The van der Waals surface area contributed by atoms with Gasteiger partial charge in [-0.2, -0.15) is 0 Å². The molecule has 5 heteroatoms. The molecule has 0 aliphatic rings. The minimum Gasteiger partial charge on any atom is -0.497 e. The van der Waals surface area contributed by atoms with Gasteiger partial charge in [-0.25, -0.2) is 4.98 Å². The Morgan fingerprint density at radius 1 is 1.37 bits per heavy atom. The standard InChI is InChI=1S/C14H18BrN3O/c1-17(10-14-16-6-7-18(14)2)9-11-8-12(19-3)4-5-13(11)15/h4-8H,9-10H2,1-3H3. The van der Waals surface area contributed by atoms with E-state index in [-0.39, 0.29) is 0 Å². The van der Waals surface area contributed by atoms with Gasteiger partial charge in [0.15, 0.2) is 0 Å². The fraction of sp³-hybridized carbons (Fsp3) is 0.357. The number of hydrogen-bond donors (Lipinski definition) is 0. The van der Waals surface area contributed by atoms with Crippen LogP contribution in [-0.4, -0.2) is 28.6 Å². The molecule has 1 aromatic carbocycles. The Labute approximate surface area is 122 Å². The number of rotatable bonds is 5. The predicted octanol–water partition coefficient (Wildman–Crippen LogP) is 2.82. The van der Waals surface area contributed by atoms with Gasteiger partial charge in [0.25, 0.3) is 0 Å². The number of benzene rings is 1. The number of aryl methyl sites for hydroxylation is 1. The van der Waals surface area contributed by atoms with Gasteiger partial charge >= 0.3 is 0 Å². The summed E-state index contributed by atoms with van der Waals surface area (Å²) in [5, 5.41) is 0. The maximum absolute atomic E-state index is 5.26. The predicted molar refractivity (Wildman–Crippen MR) is 79.1 cm³/mol. The smallest absolute Gasteiger partial charge is 0.122 e. The Balaban J connectivity index is 2.06. The average Bonchev–Trinajstić information content (AvgIpc) is 2.78. The van der Waals surface area contributed by atoms with Crippen molar-refractivity contribution in [3.05, 3.63) is 46.5 Å². The Morgan fingerprint density at radius 2 is 2.16 bits per heavy atom. The van der Waals surface area contributed by atoms with Gasteiger partial charge < -0.3 is 9.30 Å². The Morgan fingerprint density at radius 3 is 2.79 bits per heavy atom. The summed E-state index contributed by atoms with van der Waals surface area (Å²) in [4.78, 5) is 6.56. The molecule has 0 bridgehead atoms. The van der Waals surface area contributed by atoms with Crippen LogP contribution in [0.15, 0.2) is 35.1 Å². The highest BCUT2D eigenvalue weighted by atomic mass is 79.9. The largest absolute Gasteiger partial charge is 0.497 e. The maximum Gasteiger partial charge on any atom is 0.122 e. The van der Waals surface area contributed by atoms with Crippen LogP contribution in [0.4, 0.5) is 0 Å². The van der Waals surface area contributed by atoms with Crippen LogP contribution in [0.5, 0.6) is 5.75 Å². The van der Waals surface area contributed by atoms with Crippen molar-refractivity contribution in [2.45, 2.75) is 13.1 Å². The third-order valence-electron chi connectivity index (χ3n) is 3.03. The van der Waals surface area contributed by atoms with Gasteiger partial charge in [0, 0.05) is 30.5 Å². The summed E-state index contributed by atoms with van der Waals surface area (Å²) in [5.41, 5.74) is 1.20. The molecule has 2 rings (SSSR count). The van der Waals surface area contributed by atoms with Crippen molar-refractivity contribution in [3.8, 4) is 5.75 Å². The molecule has 0 unspecified atom stereocenters. The zero-order valence-corrected chi connectivity index (χ0v) is 13.0. The van der Waals surface area contributed by atoms with E-state index in [1.807, 2.05) is 36.1 Å². The fourth-order valence-corrected chi connectivity index (χ4v) is 2.31. The van der Waals surface area contributed by atoms with Crippen LogP contribution in [0.1, 0.15) is 11.4 Å². The number of hydrogen-bond acceptors (Lipinski definition) is 3. The SMILES string of the molecule is COc1ccc(Br)c(CN(C)Cc2nccn2C)c1. The third-order valence-corrected chi connectivity index (χ3v) is 3.80. The lowest BCUT2D eigenvalue weighted by atomic mass is 10.2. The number of imidazole rings is 1. The van der Waals surface area contributed by atoms with E-state index in [9.17, 15) is 0 Å². The lowest BCUT2D eigenvalue weighted by molar-refractivity contribution is 0.306. The number of halogens is 1. The second-order valence-electron chi connectivity index (χ2n) is 4.58. The minimum atomic E-state index is 0.813. The first-order chi connectivity index (χ1) is 9.10. The second kappa shape index (κ2) is 6.21. The van der Waals surface area contributed by atoms with Gasteiger partial charge in [0.2, 0.25) is 0 Å². The first-order valence-corrected chi connectivity index (χ1v) is 6.86. The quantitative estimate of drug-likeness (QED) is 0.847. The van der Waals surface area contributed by atoms with Crippen molar-refractivity contribution in [1.29, 1.82) is 0 Å². The van der Waals surface area contributed by atoms with Gasteiger partial charge in [-0.3, -0.25) is 4.90 Å². The zero-order chi connectivity index (χ0) is 13.8. The lowest BCUT2D eigenvalue weighted by Crippen LogP contribution is -2.19. The summed E-state index contributed by atoms with van der Waals surface area (Å²) in [6.07, 6.45) is 3.79. The molecule has 4 nitrogen and oxygen atoms in total. The molecule has 0 saturated carbocycles. The van der Waals surface area contributed by atoms with Gasteiger partial charge in [0.1, 0.15) is 11.6 Å². The molecule has 0 N–H and O–H groups in total. The number of aromatic nitrogens is 2. The molecule has 0 radical (unpaired) electrons. The third kappa shape index (κ3) is 3.58. The summed E-state index contributed by atoms with van der Waals surface area (Å²) < 4.78 is 8.40. The van der Waals surface area contributed by atoms with Crippen LogP contribution in [-0.2, 0) is 20.1 Å². The van der Waals surface area contributed by atoms with Crippen LogP contribution >= 0.6 is 15.9 Å². The highest BCUT2D eigenvalue weighted by molar-refractivity contribution is 9.10. The van der Waals surface area contributed by atoms with E-state index in [2.05, 4.69) is 38.9 Å². The van der Waals surface area contributed by atoms with E-state index < -0.39 is 0 Å². The molecule has 102 valence electrons. The first-order valence-electron chi connectivity index (χ1n) is 6.07. The average molecular weight is 324 g/mol. The van der Waals surface area contributed by atoms with E-state index in [0.717, 1.165) is 29.1 Å². The lowest BCUT2D eigenvalue weighted by Gasteiger charge is -2.17. The normalized spacial score (nSPS) is 11.0. The molecule has 0 spiro atoms. The first kappa shape index (κ1) is 14.1. The molecule has 0 aliphatic heterocycles. The van der Waals surface area contributed by atoms with Crippen LogP contribution in [0.3, 0.4) is 0 Å². The van der Waals surface area contributed by atoms with Crippen molar-refractivity contribution >= 4 is 15.9 Å². The van der Waals surface area contributed by atoms with Crippen molar-refractivity contribution in [1.82, 2.24) is 14.5 Å². The molecule has 0 atom stereocenters. The van der Waals surface area contributed by atoms with Gasteiger partial charge in [0.05, 0.1) is 13.7 Å². The van der Waals surface area contributed by atoms with E-state index in [1.165, 1.54) is 5.56 Å². The van der Waals surface area contributed by atoms with E-state index in [1.54, 1.807) is 7.11 Å². The summed E-state index contributed by atoms with van der Waals surface area (Å²) >= 11 is 3.58. The summed E-state index contributed by atoms with van der Waals surface area (Å²) in [6, 6.07) is 6.02. The van der Waals surface area contributed by atoms with Crippen molar-refractivity contribution in [2.24, 2.45) is 7.05 Å². The molecule has 0 aliphatic carbocycles. The van der Waals surface area contributed by atoms with E-state index >= 15 is 0 Å². The van der Waals surface area contributed by atoms with Crippen molar-refractivity contribution in [2.75, 3.05) is 14.2 Å². The summed E-state index contributed by atoms with van der Waals surface area (Å²) in [5.74, 6) is 1.94. The van der Waals surface area contributed by atoms with Crippen LogP contribution in [0.2, 0.25) is 0 Å². The highest BCUT2D eigenvalue weighted by Crippen LogP contribution is 2.23. The number of nitrogens with zero attached hydrogens (tertiary/aromatic N) is 3. The Hall–Kier alpha value is -1.33. The second-order valence-corrected chi connectivity index (χ2v) is 5.44. The molecule has 0 fully saturated rings. The maximum atomic E-state index is 5.26. The molecule has 1 aromatic heterocycles. The molecular formula is C14H18BrN3O. The summed E-state index contributed by atoms with van der Waals surface area (Å²) in [6.45, 7) is 1.65. The molecule has 0 amide bonds. The number of ether oxygens (including phenoxy) is 1. The molecule has 1 heterocycles. The highest BCUT2D eigenvalue weighted by Gasteiger charge is 2.08. The van der Waals surface area contributed by atoms with Crippen LogP contribution in [0.25, 0.3) is 0 Å². The summed E-state index contributed by atoms with van der Waals surface area (Å²) in [7, 11) is 5.78. The van der Waals surface area contributed by atoms with Crippen molar-refractivity contribution in [3.63, 3.8) is 0 Å². The van der Waals surface area contributed by atoms with Crippen LogP contribution < -0.4 is 4.74 Å². The van der Waals surface area contributed by atoms with Gasteiger partial charge in [-0.1, -0.05) is 15.9 Å².